The molecular formula is C14H19N3O3. The number of hydrogen-bond acceptors (Lipinski definition) is 4. The molecule has 1 saturated heterocycles. The van der Waals surface area contributed by atoms with Crippen molar-refractivity contribution in [3.05, 3.63) is 23.4 Å². The fourth-order valence-corrected chi connectivity index (χ4v) is 2.64. The van der Waals surface area contributed by atoms with Gasteiger partial charge in [0.1, 0.15) is 5.82 Å². The molecule has 3 N–H and O–H groups in total. The van der Waals surface area contributed by atoms with E-state index in [1.54, 1.807) is 12.1 Å². The molecule has 108 valence electrons. The zero-order chi connectivity index (χ0) is 14.9. The van der Waals surface area contributed by atoms with Crippen molar-refractivity contribution in [3.63, 3.8) is 0 Å². The third-order valence-electron chi connectivity index (χ3n) is 4.06. The normalized spacial score (nSPS) is 22.0. The molecule has 0 aliphatic carbocycles. The smallest absolute Gasteiger partial charge is 0.311 e. The molecule has 0 radical (unpaired) electrons. The summed E-state index contributed by atoms with van der Waals surface area (Å²) in [7, 11) is 0. The van der Waals surface area contributed by atoms with Crippen molar-refractivity contribution in [2.45, 2.75) is 26.7 Å². The molecule has 2 rings (SSSR count). The van der Waals surface area contributed by atoms with E-state index < -0.39 is 17.3 Å². The molecular weight excluding hydrogens is 258 g/mol. The molecule has 20 heavy (non-hydrogen) atoms. The monoisotopic (exact) mass is 277 g/mol. The largest absolute Gasteiger partial charge is 0.481 e. The molecule has 1 fully saturated rings. The van der Waals surface area contributed by atoms with Crippen LogP contribution in [0, 0.1) is 12.3 Å². The van der Waals surface area contributed by atoms with Crippen molar-refractivity contribution in [1.82, 2.24) is 4.98 Å². The summed E-state index contributed by atoms with van der Waals surface area (Å²) in [4.78, 5) is 29.2. The average molecular weight is 277 g/mol. The van der Waals surface area contributed by atoms with Crippen molar-refractivity contribution >= 4 is 17.7 Å². The van der Waals surface area contributed by atoms with E-state index in [1.165, 1.54) is 0 Å². The Morgan fingerprint density at radius 2 is 2.20 bits per heavy atom. The summed E-state index contributed by atoms with van der Waals surface area (Å²) in [5.74, 6) is -0.846. The topological polar surface area (TPSA) is 96.5 Å². The Kier molecular flexibility index (Phi) is 3.65. The Morgan fingerprint density at radius 3 is 2.70 bits per heavy atom. The molecule has 1 aromatic rings. The molecule has 1 aliphatic heterocycles. The summed E-state index contributed by atoms with van der Waals surface area (Å²) >= 11 is 0. The van der Waals surface area contributed by atoms with E-state index in [9.17, 15) is 14.7 Å². The molecule has 0 bridgehead atoms. The number of hydrogen-bond donors (Lipinski definition) is 2. The summed E-state index contributed by atoms with van der Waals surface area (Å²) in [6.45, 7) is 4.62. The fourth-order valence-electron chi connectivity index (χ4n) is 2.64. The lowest BCUT2D eigenvalue weighted by molar-refractivity contribution is -0.147. The summed E-state index contributed by atoms with van der Waals surface area (Å²) in [5.41, 5.74) is 5.72. The summed E-state index contributed by atoms with van der Waals surface area (Å²) in [6, 6.07) is 3.37. The predicted molar refractivity (Wildman–Crippen MR) is 74.7 cm³/mol. The lowest BCUT2D eigenvalue weighted by atomic mass is 9.84. The van der Waals surface area contributed by atoms with Gasteiger partial charge in [0.15, 0.2) is 0 Å². The van der Waals surface area contributed by atoms with Crippen LogP contribution >= 0.6 is 0 Å². The number of aromatic nitrogens is 1. The number of pyridine rings is 1. The number of aliphatic carboxylic acids is 1. The van der Waals surface area contributed by atoms with Gasteiger partial charge in [-0.1, -0.05) is 6.92 Å². The summed E-state index contributed by atoms with van der Waals surface area (Å²) < 4.78 is 0. The zero-order valence-corrected chi connectivity index (χ0v) is 11.7. The molecule has 1 amide bonds. The second-order valence-corrected chi connectivity index (χ2v) is 5.30. The van der Waals surface area contributed by atoms with Crippen molar-refractivity contribution in [3.8, 4) is 0 Å². The van der Waals surface area contributed by atoms with Gasteiger partial charge < -0.3 is 15.7 Å². The van der Waals surface area contributed by atoms with Crippen molar-refractivity contribution in [2.24, 2.45) is 11.1 Å². The number of nitrogens with two attached hydrogens (primary N) is 1. The maximum Gasteiger partial charge on any atom is 0.311 e. The minimum absolute atomic E-state index is 0.341. The number of anilines is 1. The first-order valence-corrected chi connectivity index (χ1v) is 6.65. The lowest BCUT2D eigenvalue weighted by Gasteiger charge is -2.24. The van der Waals surface area contributed by atoms with Gasteiger partial charge in [-0.25, -0.2) is 4.98 Å². The number of carboxylic acid groups (broad SMARTS) is 1. The predicted octanol–water partition coefficient (Wildman–Crippen LogP) is 1.18. The molecule has 1 aromatic heterocycles. The van der Waals surface area contributed by atoms with Gasteiger partial charge in [-0.3, -0.25) is 9.59 Å². The number of carboxylic acids is 1. The van der Waals surface area contributed by atoms with Gasteiger partial charge in [0.05, 0.1) is 11.0 Å². The van der Waals surface area contributed by atoms with E-state index in [-0.39, 0.29) is 0 Å². The molecule has 6 nitrogen and oxygen atoms in total. The van der Waals surface area contributed by atoms with Crippen LogP contribution in [0.15, 0.2) is 12.1 Å². The van der Waals surface area contributed by atoms with Crippen molar-refractivity contribution < 1.29 is 14.7 Å². The van der Waals surface area contributed by atoms with Gasteiger partial charge in [0.25, 0.3) is 5.91 Å². The molecule has 1 unspecified atom stereocenters. The zero-order valence-electron chi connectivity index (χ0n) is 11.7. The number of carbonyl (C=O) groups is 2. The number of aryl methyl sites for hydroxylation is 1. The van der Waals surface area contributed by atoms with Gasteiger partial charge in [-0.15, -0.1) is 0 Å². The molecule has 0 aromatic carbocycles. The SMILES string of the molecule is CCC1(C(=O)O)CCN(c2nc(C)ccc2C(N)=O)C1. The van der Waals surface area contributed by atoms with Crippen LogP contribution in [0.1, 0.15) is 35.8 Å². The quantitative estimate of drug-likeness (QED) is 0.861. The van der Waals surface area contributed by atoms with Crippen LogP contribution in [0.25, 0.3) is 0 Å². The minimum atomic E-state index is -0.796. The molecule has 1 aliphatic rings. The number of nitrogens with zero attached hydrogens (tertiary/aromatic N) is 2. The third-order valence-corrected chi connectivity index (χ3v) is 4.06. The van der Waals surface area contributed by atoms with Gasteiger partial charge >= 0.3 is 5.97 Å². The summed E-state index contributed by atoms with van der Waals surface area (Å²) in [5, 5.41) is 9.42. The van der Waals surface area contributed by atoms with E-state index in [0.717, 1.165) is 5.69 Å². The maximum absolute atomic E-state index is 11.5. The minimum Gasteiger partial charge on any atom is -0.481 e. The van der Waals surface area contributed by atoms with Gasteiger partial charge in [0, 0.05) is 18.8 Å². The van der Waals surface area contributed by atoms with E-state index in [0.29, 0.717) is 37.3 Å². The molecule has 2 heterocycles. The number of rotatable bonds is 4. The highest BCUT2D eigenvalue weighted by Gasteiger charge is 2.44. The standard InChI is InChI=1S/C14H19N3O3/c1-3-14(13(19)20)6-7-17(8-14)12-10(11(15)18)5-4-9(2)16-12/h4-5H,3,6-8H2,1-2H3,(H2,15,18)(H,19,20). The Morgan fingerprint density at radius 1 is 1.50 bits per heavy atom. The highest BCUT2D eigenvalue weighted by atomic mass is 16.4. The second-order valence-electron chi connectivity index (χ2n) is 5.30. The molecule has 0 saturated carbocycles. The van der Waals surface area contributed by atoms with E-state index >= 15 is 0 Å². The van der Waals surface area contributed by atoms with Gasteiger partial charge in [0.2, 0.25) is 0 Å². The molecule has 0 spiro atoms. The van der Waals surface area contributed by atoms with Crippen LogP contribution in [0.4, 0.5) is 5.82 Å². The second kappa shape index (κ2) is 5.11. The number of primary amides is 1. The highest BCUT2D eigenvalue weighted by Crippen LogP contribution is 2.37. The Balaban J connectivity index is 2.37. The average Bonchev–Trinajstić information content (AvgIpc) is 2.83. The molecule has 1 atom stereocenters. The van der Waals surface area contributed by atoms with E-state index in [4.69, 9.17) is 5.73 Å². The maximum atomic E-state index is 11.5. The van der Waals surface area contributed by atoms with E-state index in [1.807, 2.05) is 18.7 Å². The first-order chi connectivity index (χ1) is 9.39. The van der Waals surface area contributed by atoms with Crippen LogP contribution in [0.5, 0.6) is 0 Å². The first kappa shape index (κ1) is 14.3. The number of amides is 1. The Bertz CT molecular complexity index is 559. The Labute approximate surface area is 117 Å². The molecule has 6 heteroatoms. The van der Waals surface area contributed by atoms with Crippen molar-refractivity contribution in [2.75, 3.05) is 18.0 Å². The third kappa shape index (κ3) is 2.33. The van der Waals surface area contributed by atoms with Crippen LogP contribution in [-0.2, 0) is 4.79 Å². The Hall–Kier alpha value is -2.11. The van der Waals surface area contributed by atoms with Crippen LogP contribution in [0.3, 0.4) is 0 Å². The van der Waals surface area contributed by atoms with Crippen LogP contribution in [-0.4, -0.2) is 35.1 Å². The van der Waals surface area contributed by atoms with Gasteiger partial charge in [-0.05, 0) is 31.9 Å². The highest BCUT2D eigenvalue weighted by molar-refractivity contribution is 5.98. The number of carbonyl (C=O) groups excluding carboxylic acids is 1. The van der Waals surface area contributed by atoms with Crippen LogP contribution < -0.4 is 10.6 Å². The van der Waals surface area contributed by atoms with Crippen LogP contribution in [0.2, 0.25) is 0 Å². The fraction of sp³-hybridized carbons (Fsp3) is 0.500. The first-order valence-electron chi connectivity index (χ1n) is 6.65. The lowest BCUT2D eigenvalue weighted by Crippen LogP contribution is -2.35. The van der Waals surface area contributed by atoms with Crippen molar-refractivity contribution in [1.29, 1.82) is 0 Å². The van der Waals surface area contributed by atoms with Gasteiger partial charge in [-0.2, -0.15) is 0 Å². The summed E-state index contributed by atoms with van der Waals surface area (Å²) in [6.07, 6.45) is 1.10. The van der Waals surface area contributed by atoms with E-state index in [2.05, 4.69) is 4.98 Å².